The van der Waals surface area contributed by atoms with Crippen LogP contribution in [0.15, 0.2) is 67.0 Å². The number of aromatic nitrogens is 1. The number of phenols is 1. The number of benzene rings is 2. The molecule has 0 unspecified atom stereocenters. The van der Waals surface area contributed by atoms with Crippen molar-refractivity contribution in [1.29, 1.82) is 0 Å². The molecule has 2 aliphatic heterocycles. The van der Waals surface area contributed by atoms with E-state index in [2.05, 4.69) is 33.9 Å². The summed E-state index contributed by atoms with van der Waals surface area (Å²) in [5, 5.41) is 13.8. The second-order valence-corrected chi connectivity index (χ2v) is 8.89. The van der Waals surface area contributed by atoms with Crippen LogP contribution < -0.4 is 10.2 Å². The van der Waals surface area contributed by atoms with E-state index in [0.717, 1.165) is 47.7 Å². The number of nitrogens with one attached hydrogen (secondary N) is 1. The first-order valence-electron chi connectivity index (χ1n) is 11.0. The average Bonchev–Trinajstić information content (AvgIpc) is 3.02. The Bertz CT molecular complexity index is 1220. The molecule has 0 spiro atoms. The number of hydrogen-bond donors (Lipinski definition) is 2. The lowest BCUT2D eigenvalue weighted by Crippen LogP contribution is -2.40. The summed E-state index contributed by atoms with van der Waals surface area (Å²) >= 11 is 6.11. The first-order chi connectivity index (χ1) is 16.0. The van der Waals surface area contributed by atoms with Crippen LogP contribution in [0.3, 0.4) is 0 Å². The fourth-order valence-corrected chi connectivity index (χ4v) is 4.71. The van der Waals surface area contributed by atoms with Gasteiger partial charge in [-0.25, -0.2) is 4.98 Å². The number of aromatic hydroxyl groups is 1. The molecule has 2 N–H and O–H groups in total. The first kappa shape index (κ1) is 21.3. The number of aryl methyl sites for hydroxylation is 1. The maximum Gasteiger partial charge on any atom is 0.228 e. The highest BCUT2D eigenvalue weighted by Gasteiger charge is 2.28. The molecule has 3 heterocycles. The number of rotatable bonds is 4. The number of halogens is 1. The Balaban J connectivity index is 1.38. The molecule has 0 atom stereocenters. The van der Waals surface area contributed by atoms with Gasteiger partial charge in [-0.05, 0) is 53.4 Å². The minimum atomic E-state index is 0.0534. The van der Waals surface area contributed by atoms with Crippen LogP contribution >= 0.6 is 11.6 Å². The quantitative estimate of drug-likeness (QED) is 0.583. The highest BCUT2D eigenvalue weighted by atomic mass is 35.5. The molecule has 0 bridgehead atoms. The van der Waals surface area contributed by atoms with Gasteiger partial charge in [0, 0.05) is 54.2 Å². The summed E-state index contributed by atoms with van der Waals surface area (Å²) < 4.78 is 0. The monoisotopic (exact) mass is 460 g/mol. The zero-order valence-electron chi connectivity index (χ0n) is 18.2. The molecule has 1 amide bonds. The molecule has 0 saturated carbocycles. The van der Waals surface area contributed by atoms with E-state index in [4.69, 9.17) is 11.6 Å². The maximum atomic E-state index is 12.8. The van der Waals surface area contributed by atoms with Gasteiger partial charge in [-0.1, -0.05) is 36.4 Å². The zero-order chi connectivity index (χ0) is 22.9. The molecule has 6 nitrogen and oxygen atoms in total. The number of pyridine rings is 1. The van der Waals surface area contributed by atoms with E-state index in [1.54, 1.807) is 23.2 Å². The lowest BCUT2D eigenvalue weighted by Gasteiger charge is -2.33. The molecule has 7 heteroatoms. The van der Waals surface area contributed by atoms with E-state index in [0.29, 0.717) is 30.2 Å². The topological polar surface area (TPSA) is 68.7 Å². The lowest BCUT2D eigenvalue weighted by atomic mass is 9.99. The Hall–Kier alpha value is -3.51. The third-order valence-electron chi connectivity index (χ3n) is 6.19. The molecule has 0 radical (unpaired) electrons. The van der Waals surface area contributed by atoms with Crippen molar-refractivity contribution in [2.45, 2.75) is 19.4 Å². The predicted octanol–water partition coefficient (Wildman–Crippen LogP) is 4.83. The van der Waals surface area contributed by atoms with E-state index in [-0.39, 0.29) is 11.7 Å². The fourth-order valence-electron chi connectivity index (χ4n) is 4.48. The second kappa shape index (κ2) is 8.79. The lowest BCUT2D eigenvalue weighted by molar-refractivity contribution is -0.118. The number of anilines is 2. The number of para-hydroxylation sites is 1. The second-order valence-electron chi connectivity index (χ2n) is 8.46. The Morgan fingerprint density at radius 2 is 1.97 bits per heavy atom. The molecular formula is C26H25ClN4O2. The molecule has 0 aliphatic carbocycles. The molecule has 3 aromatic rings. The summed E-state index contributed by atoms with van der Waals surface area (Å²) in [6, 6.07) is 15.3. The van der Waals surface area contributed by atoms with E-state index in [9.17, 15) is 9.90 Å². The van der Waals surface area contributed by atoms with Crippen molar-refractivity contribution in [3.63, 3.8) is 0 Å². The van der Waals surface area contributed by atoms with Crippen molar-refractivity contribution >= 4 is 29.0 Å². The summed E-state index contributed by atoms with van der Waals surface area (Å²) in [6.45, 7) is 7.09. The molecule has 5 rings (SSSR count). The summed E-state index contributed by atoms with van der Waals surface area (Å²) in [7, 11) is 0. The van der Waals surface area contributed by atoms with Crippen LogP contribution in [0.25, 0.3) is 11.1 Å². The normalized spacial score (nSPS) is 15.4. The van der Waals surface area contributed by atoms with Crippen molar-refractivity contribution in [2.75, 3.05) is 29.9 Å². The van der Waals surface area contributed by atoms with Crippen molar-refractivity contribution in [3.05, 3.63) is 83.2 Å². The van der Waals surface area contributed by atoms with Crippen molar-refractivity contribution in [2.24, 2.45) is 0 Å². The third-order valence-corrected chi connectivity index (χ3v) is 6.41. The number of carbonyl (C=O) groups excluding carboxylic acids is 1. The van der Waals surface area contributed by atoms with E-state index in [1.807, 2.05) is 18.2 Å². The molecule has 168 valence electrons. The molecule has 2 aromatic carbocycles. The van der Waals surface area contributed by atoms with Gasteiger partial charge in [-0.15, -0.1) is 0 Å². The Morgan fingerprint density at radius 1 is 1.12 bits per heavy atom. The molecule has 2 aliphatic rings. The molecule has 0 fully saturated rings. The average molecular weight is 461 g/mol. The Kier molecular flexibility index (Phi) is 5.68. The van der Waals surface area contributed by atoms with Crippen LogP contribution in [0.1, 0.15) is 17.5 Å². The van der Waals surface area contributed by atoms with Gasteiger partial charge in [0.15, 0.2) is 0 Å². The van der Waals surface area contributed by atoms with Crippen LogP contribution in [0.5, 0.6) is 5.75 Å². The Labute approximate surface area is 198 Å². The van der Waals surface area contributed by atoms with Crippen LogP contribution in [-0.4, -0.2) is 40.5 Å². The highest BCUT2D eigenvalue weighted by Crippen LogP contribution is 2.33. The minimum Gasteiger partial charge on any atom is -0.508 e. The maximum absolute atomic E-state index is 12.8. The standard InChI is InChI=1S/C26H25ClN4O2/c1-17(30-9-8-28-24-5-3-2-4-19(24)16-30)15-31-25(33)7-6-18-10-21(14-29-26(18)31)20-11-22(27)13-23(32)12-20/h2-5,10-14,28,32H,1,6-9,15-16H2. The largest absolute Gasteiger partial charge is 0.508 e. The Morgan fingerprint density at radius 3 is 2.82 bits per heavy atom. The van der Waals surface area contributed by atoms with E-state index < -0.39 is 0 Å². The number of phenolic OH excluding ortho intramolecular Hbond substituents is 1. The number of carbonyl (C=O) groups is 1. The van der Waals surface area contributed by atoms with Crippen LogP contribution in [0.2, 0.25) is 5.02 Å². The molecule has 1 aromatic heterocycles. The van der Waals surface area contributed by atoms with Gasteiger partial charge in [0.1, 0.15) is 11.6 Å². The van der Waals surface area contributed by atoms with Crippen molar-refractivity contribution in [1.82, 2.24) is 9.88 Å². The minimum absolute atomic E-state index is 0.0534. The number of fused-ring (bicyclic) bond motifs is 2. The van der Waals surface area contributed by atoms with Crippen LogP contribution in [-0.2, 0) is 17.8 Å². The van der Waals surface area contributed by atoms with Crippen molar-refractivity contribution < 1.29 is 9.90 Å². The van der Waals surface area contributed by atoms with E-state index >= 15 is 0 Å². The van der Waals surface area contributed by atoms with Gasteiger partial charge in [0.05, 0.1) is 6.54 Å². The van der Waals surface area contributed by atoms with Crippen LogP contribution in [0.4, 0.5) is 11.5 Å². The van der Waals surface area contributed by atoms with Gasteiger partial charge >= 0.3 is 0 Å². The summed E-state index contributed by atoms with van der Waals surface area (Å²) in [4.78, 5) is 21.5. The molecule has 33 heavy (non-hydrogen) atoms. The smallest absolute Gasteiger partial charge is 0.228 e. The molecular weight excluding hydrogens is 436 g/mol. The van der Waals surface area contributed by atoms with Crippen LogP contribution in [0, 0.1) is 0 Å². The van der Waals surface area contributed by atoms with Gasteiger partial charge in [-0.2, -0.15) is 0 Å². The first-order valence-corrected chi connectivity index (χ1v) is 11.4. The van der Waals surface area contributed by atoms with Gasteiger partial charge in [-0.3, -0.25) is 9.69 Å². The SMILES string of the molecule is C=C(CN1C(=O)CCc2cc(-c3cc(O)cc(Cl)c3)cnc21)N1CCNc2ccccc2C1. The third kappa shape index (κ3) is 4.39. The van der Waals surface area contributed by atoms with Crippen molar-refractivity contribution in [3.8, 4) is 16.9 Å². The predicted molar refractivity (Wildman–Crippen MR) is 132 cm³/mol. The van der Waals surface area contributed by atoms with Gasteiger partial charge in [0.25, 0.3) is 0 Å². The summed E-state index contributed by atoms with van der Waals surface area (Å²) in [6.07, 6.45) is 2.78. The summed E-state index contributed by atoms with van der Waals surface area (Å²) in [5.74, 6) is 0.838. The fraction of sp³-hybridized carbons (Fsp3) is 0.231. The highest BCUT2D eigenvalue weighted by molar-refractivity contribution is 6.31. The zero-order valence-corrected chi connectivity index (χ0v) is 19.0. The van der Waals surface area contributed by atoms with Gasteiger partial charge < -0.3 is 15.3 Å². The van der Waals surface area contributed by atoms with E-state index in [1.165, 1.54) is 11.6 Å². The van der Waals surface area contributed by atoms with Gasteiger partial charge in [0.2, 0.25) is 5.91 Å². The number of nitrogens with zero attached hydrogens (tertiary/aromatic N) is 3. The number of amides is 1. The summed E-state index contributed by atoms with van der Waals surface area (Å²) in [5.41, 5.74) is 5.90. The molecule has 0 saturated heterocycles. The number of hydrogen-bond acceptors (Lipinski definition) is 5.